The van der Waals surface area contributed by atoms with Crippen LogP contribution < -0.4 is 10.6 Å². The minimum absolute atomic E-state index is 0.00822. The Balaban J connectivity index is 2.17. The standard InChI is InChI=1S/C17H22ClF3N2O3S/c1-10(2)14(15(24)23-16(3)6-7-27(25,26)9-16)22-13-5-4-11(8-12(13)18)17(19,20)21/h4-5,8,10,14,22H,6-7,9H2,1-3H3,(H,23,24). The third-order valence-corrected chi connectivity index (χ3v) is 6.70. The van der Waals surface area contributed by atoms with Gasteiger partial charge in [0, 0.05) is 0 Å². The molecule has 1 amide bonds. The Morgan fingerprint density at radius 1 is 1.30 bits per heavy atom. The molecule has 1 aromatic rings. The third kappa shape index (κ3) is 5.51. The van der Waals surface area contributed by atoms with E-state index in [1.807, 2.05) is 0 Å². The number of carbonyl (C=O) groups is 1. The number of halogens is 4. The highest BCUT2D eigenvalue weighted by Gasteiger charge is 2.41. The first-order chi connectivity index (χ1) is 12.2. The summed E-state index contributed by atoms with van der Waals surface area (Å²) in [5.74, 6) is -0.781. The monoisotopic (exact) mass is 426 g/mol. The van der Waals surface area contributed by atoms with Crippen molar-refractivity contribution in [1.82, 2.24) is 5.32 Å². The Hall–Kier alpha value is -1.48. The van der Waals surface area contributed by atoms with Crippen molar-refractivity contribution in [1.29, 1.82) is 0 Å². The van der Waals surface area contributed by atoms with E-state index in [9.17, 15) is 26.4 Å². The quantitative estimate of drug-likeness (QED) is 0.755. The van der Waals surface area contributed by atoms with Crippen molar-refractivity contribution in [2.75, 3.05) is 16.8 Å². The highest BCUT2D eigenvalue weighted by molar-refractivity contribution is 7.91. The molecule has 0 radical (unpaired) electrons. The van der Waals surface area contributed by atoms with Gasteiger partial charge >= 0.3 is 6.18 Å². The van der Waals surface area contributed by atoms with E-state index >= 15 is 0 Å². The number of amides is 1. The second kappa shape index (κ2) is 7.50. The van der Waals surface area contributed by atoms with E-state index < -0.39 is 39.1 Å². The Morgan fingerprint density at radius 2 is 1.93 bits per heavy atom. The molecule has 27 heavy (non-hydrogen) atoms. The van der Waals surface area contributed by atoms with Crippen molar-refractivity contribution in [3.8, 4) is 0 Å². The van der Waals surface area contributed by atoms with Gasteiger partial charge in [-0.05, 0) is 37.5 Å². The predicted octanol–water partition coefficient (Wildman–Crippen LogP) is 3.49. The maximum absolute atomic E-state index is 12.8. The largest absolute Gasteiger partial charge is 0.416 e. The number of carbonyl (C=O) groups excluding carboxylic acids is 1. The van der Waals surface area contributed by atoms with Gasteiger partial charge in [-0.2, -0.15) is 13.2 Å². The summed E-state index contributed by atoms with van der Waals surface area (Å²) in [7, 11) is -3.19. The van der Waals surface area contributed by atoms with E-state index in [0.29, 0.717) is 6.42 Å². The highest BCUT2D eigenvalue weighted by atomic mass is 35.5. The second-order valence-electron chi connectivity index (χ2n) is 7.45. The van der Waals surface area contributed by atoms with Gasteiger partial charge in [-0.3, -0.25) is 4.79 Å². The number of anilines is 1. The molecule has 5 nitrogen and oxygen atoms in total. The van der Waals surface area contributed by atoms with Crippen molar-refractivity contribution < 1.29 is 26.4 Å². The summed E-state index contributed by atoms with van der Waals surface area (Å²) >= 11 is 5.95. The molecule has 2 rings (SSSR count). The summed E-state index contributed by atoms with van der Waals surface area (Å²) in [6.07, 6.45) is -4.20. The van der Waals surface area contributed by atoms with Crippen LogP contribution in [0, 0.1) is 5.92 Å². The molecular formula is C17H22ClF3N2O3S. The van der Waals surface area contributed by atoms with Crippen LogP contribution in [0.2, 0.25) is 5.02 Å². The maximum Gasteiger partial charge on any atom is 0.416 e. The first kappa shape index (κ1) is 21.8. The number of hydrogen-bond donors (Lipinski definition) is 2. The van der Waals surface area contributed by atoms with Crippen LogP contribution in [0.4, 0.5) is 18.9 Å². The van der Waals surface area contributed by atoms with Gasteiger partial charge in [0.1, 0.15) is 6.04 Å². The van der Waals surface area contributed by atoms with Gasteiger partial charge in [0.2, 0.25) is 5.91 Å². The Morgan fingerprint density at radius 3 is 2.37 bits per heavy atom. The molecule has 2 unspecified atom stereocenters. The SMILES string of the molecule is CC(C)C(Nc1ccc(C(F)(F)F)cc1Cl)C(=O)NC1(C)CCS(=O)(=O)C1. The Labute approximate surface area is 161 Å². The first-order valence-corrected chi connectivity index (χ1v) is 10.6. The molecule has 0 bridgehead atoms. The normalized spacial score (nSPS) is 23.3. The summed E-state index contributed by atoms with van der Waals surface area (Å²) in [5, 5.41) is 5.49. The molecule has 0 aliphatic carbocycles. The smallest absolute Gasteiger partial charge is 0.372 e. The van der Waals surface area contributed by atoms with Gasteiger partial charge in [-0.15, -0.1) is 0 Å². The lowest BCUT2D eigenvalue weighted by atomic mass is 9.98. The number of alkyl halides is 3. The number of rotatable bonds is 5. The second-order valence-corrected chi connectivity index (χ2v) is 10.0. The molecule has 1 aliphatic heterocycles. The van der Waals surface area contributed by atoms with E-state index in [1.165, 1.54) is 6.07 Å². The first-order valence-electron chi connectivity index (χ1n) is 8.38. The van der Waals surface area contributed by atoms with Crippen molar-refractivity contribution in [3.05, 3.63) is 28.8 Å². The molecule has 0 spiro atoms. The van der Waals surface area contributed by atoms with Gasteiger partial charge in [-0.1, -0.05) is 25.4 Å². The molecule has 1 aliphatic rings. The molecule has 1 saturated heterocycles. The average Bonchev–Trinajstić information content (AvgIpc) is 2.77. The fourth-order valence-electron chi connectivity index (χ4n) is 3.00. The van der Waals surface area contributed by atoms with Gasteiger partial charge in [0.05, 0.1) is 33.3 Å². The van der Waals surface area contributed by atoms with Gasteiger partial charge in [-0.25, -0.2) is 8.42 Å². The highest BCUT2D eigenvalue weighted by Crippen LogP contribution is 2.34. The van der Waals surface area contributed by atoms with Crippen LogP contribution in [0.5, 0.6) is 0 Å². The lowest BCUT2D eigenvalue weighted by Gasteiger charge is -2.30. The van der Waals surface area contributed by atoms with Crippen LogP contribution in [0.15, 0.2) is 18.2 Å². The van der Waals surface area contributed by atoms with Crippen LogP contribution in [-0.4, -0.2) is 37.4 Å². The molecular weight excluding hydrogens is 405 g/mol. The van der Waals surface area contributed by atoms with Gasteiger partial charge < -0.3 is 10.6 Å². The van der Waals surface area contributed by atoms with Crippen LogP contribution in [0.1, 0.15) is 32.8 Å². The number of benzene rings is 1. The number of nitrogens with one attached hydrogen (secondary N) is 2. The summed E-state index contributed by atoms with van der Waals surface area (Å²) in [5.41, 5.74) is -1.55. The zero-order valence-corrected chi connectivity index (χ0v) is 16.7. The number of sulfone groups is 1. The molecule has 1 heterocycles. The van der Waals surface area contributed by atoms with Crippen molar-refractivity contribution in [2.24, 2.45) is 5.92 Å². The molecule has 1 fully saturated rings. The summed E-state index contributed by atoms with van der Waals surface area (Å²) < 4.78 is 61.7. The molecule has 0 aromatic heterocycles. The van der Waals surface area contributed by atoms with Crippen LogP contribution in [0.3, 0.4) is 0 Å². The fourth-order valence-corrected chi connectivity index (χ4v) is 5.32. The molecule has 0 saturated carbocycles. The summed E-state index contributed by atoms with van der Waals surface area (Å²) in [6.45, 7) is 5.20. The van der Waals surface area contributed by atoms with E-state index in [0.717, 1.165) is 12.1 Å². The molecule has 152 valence electrons. The lowest BCUT2D eigenvalue weighted by molar-refractivity contribution is -0.137. The zero-order valence-electron chi connectivity index (χ0n) is 15.2. The maximum atomic E-state index is 12.8. The lowest BCUT2D eigenvalue weighted by Crippen LogP contribution is -2.53. The number of hydrogen-bond acceptors (Lipinski definition) is 4. The summed E-state index contributed by atoms with van der Waals surface area (Å²) in [6, 6.07) is 2.06. The van der Waals surface area contributed by atoms with Crippen LogP contribution >= 0.6 is 11.6 Å². The molecule has 1 aromatic carbocycles. The minimum atomic E-state index is -4.51. The third-order valence-electron chi connectivity index (χ3n) is 4.48. The van der Waals surface area contributed by atoms with Crippen molar-refractivity contribution in [3.63, 3.8) is 0 Å². The fraction of sp³-hybridized carbons (Fsp3) is 0.588. The molecule has 2 atom stereocenters. The van der Waals surface area contributed by atoms with Gasteiger partial charge in [0.25, 0.3) is 0 Å². The van der Waals surface area contributed by atoms with E-state index in [1.54, 1.807) is 20.8 Å². The van der Waals surface area contributed by atoms with Crippen molar-refractivity contribution >= 4 is 33.0 Å². The van der Waals surface area contributed by atoms with E-state index in [2.05, 4.69) is 10.6 Å². The van der Waals surface area contributed by atoms with E-state index in [-0.39, 0.29) is 28.1 Å². The predicted molar refractivity (Wildman–Crippen MR) is 98.5 cm³/mol. The van der Waals surface area contributed by atoms with Crippen LogP contribution in [0.25, 0.3) is 0 Å². The summed E-state index contributed by atoms with van der Waals surface area (Å²) in [4.78, 5) is 12.7. The van der Waals surface area contributed by atoms with Crippen LogP contribution in [-0.2, 0) is 20.8 Å². The Bertz CT molecular complexity index is 827. The Kier molecular flexibility index (Phi) is 6.06. The minimum Gasteiger partial charge on any atom is -0.372 e. The topological polar surface area (TPSA) is 75.3 Å². The van der Waals surface area contributed by atoms with Crippen molar-refractivity contribution in [2.45, 2.75) is 44.9 Å². The molecule has 10 heteroatoms. The van der Waals surface area contributed by atoms with E-state index in [4.69, 9.17) is 11.6 Å². The zero-order chi connectivity index (χ0) is 20.6. The van der Waals surface area contributed by atoms with Gasteiger partial charge in [0.15, 0.2) is 9.84 Å². The average molecular weight is 427 g/mol. The molecule has 2 N–H and O–H groups in total.